The highest BCUT2D eigenvalue weighted by molar-refractivity contribution is 7.90. The second-order valence-electron chi connectivity index (χ2n) is 5.11. The van der Waals surface area contributed by atoms with Crippen LogP contribution in [0.25, 0.3) is 0 Å². The van der Waals surface area contributed by atoms with E-state index in [4.69, 9.17) is 0 Å². The maximum absolute atomic E-state index is 12.2. The second kappa shape index (κ2) is 5.85. The minimum absolute atomic E-state index is 0.175. The molecule has 1 aliphatic rings. The highest BCUT2D eigenvalue weighted by atomic mass is 32.2. The van der Waals surface area contributed by atoms with Crippen LogP contribution in [-0.4, -0.2) is 26.2 Å². The normalized spacial score (nSPS) is 18.0. The van der Waals surface area contributed by atoms with E-state index in [2.05, 4.69) is 15.0 Å². The van der Waals surface area contributed by atoms with Crippen LogP contribution < -0.4 is 10.0 Å². The van der Waals surface area contributed by atoms with Crippen LogP contribution >= 0.6 is 0 Å². The van der Waals surface area contributed by atoms with Crippen LogP contribution in [-0.2, 0) is 14.8 Å². The summed E-state index contributed by atoms with van der Waals surface area (Å²) < 4.78 is 26.4. The minimum Gasteiger partial charge on any atom is -0.324 e. The molecular weight excluding hydrogens is 314 g/mol. The molecule has 0 unspecified atom stereocenters. The molecular formula is C16H15N3O3S. The number of sulfonamides is 1. The van der Waals surface area contributed by atoms with E-state index >= 15 is 0 Å². The van der Waals surface area contributed by atoms with Gasteiger partial charge in [0.05, 0.1) is 4.90 Å². The molecule has 0 saturated carbocycles. The third kappa shape index (κ3) is 3.09. The quantitative estimate of drug-likeness (QED) is 0.899. The summed E-state index contributed by atoms with van der Waals surface area (Å²) in [5, 5.41) is 2.74. The molecule has 0 bridgehead atoms. The third-order valence-corrected chi connectivity index (χ3v) is 4.80. The Balaban J connectivity index is 1.83. The number of fused-ring (bicyclic) bond motifs is 1. The fraction of sp³-hybridized carbons (Fsp3) is 0.125. The van der Waals surface area contributed by atoms with Crippen molar-refractivity contribution in [2.45, 2.75) is 17.9 Å². The zero-order chi connectivity index (χ0) is 16.4. The Labute approximate surface area is 134 Å². The van der Waals surface area contributed by atoms with Gasteiger partial charge in [0.25, 0.3) is 10.0 Å². The first-order chi connectivity index (χ1) is 11.0. The summed E-state index contributed by atoms with van der Waals surface area (Å²) in [7, 11) is -3.60. The van der Waals surface area contributed by atoms with Crippen LogP contribution in [0.1, 0.15) is 12.5 Å². The number of hydrogen-bond donors (Lipinski definition) is 2. The molecule has 1 aliphatic heterocycles. The number of rotatable bonds is 3. The molecule has 6 nitrogen and oxygen atoms in total. The van der Waals surface area contributed by atoms with E-state index in [-0.39, 0.29) is 16.6 Å². The molecule has 0 fully saturated rings. The third-order valence-electron chi connectivity index (χ3n) is 3.41. The Kier molecular flexibility index (Phi) is 3.87. The second-order valence-corrected chi connectivity index (χ2v) is 6.76. The smallest absolute Gasteiger partial charge is 0.263 e. The molecule has 2 aromatic carbocycles. The number of carbonyl (C=O) groups excluding carboxylic acids is 1. The molecule has 23 heavy (non-hydrogen) atoms. The van der Waals surface area contributed by atoms with Gasteiger partial charge in [-0.25, -0.2) is 8.42 Å². The number of carbonyl (C=O) groups is 1. The molecule has 2 aromatic rings. The first-order valence-electron chi connectivity index (χ1n) is 7.03. The number of benzene rings is 2. The van der Waals surface area contributed by atoms with E-state index < -0.39 is 16.1 Å². The molecule has 3 rings (SSSR count). The summed E-state index contributed by atoms with van der Waals surface area (Å²) in [5.41, 5.74) is 1.14. The maximum atomic E-state index is 12.2. The van der Waals surface area contributed by atoms with Gasteiger partial charge >= 0.3 is 0 Å². The monoisotopic (exact) mass is 329 g/mol. The summed E-state index contributed by atoms with van der Waals surface area (Å²) in [6.07, 6.45) is 0. The van der Waals surface area contributed by atoms with Crippen molar-refractivity contribution in [1.82, 2.24) is 4.72 Å². The lowest BCUT2D eigenvalue weighted by Gasteiger charge is -2.09. The predicted octanol–water partition coefficient (Wildman–Crippen LogP) is 1.75. The molecule has 0 saturated heterocycles. The van der Waals surface area contributed by atoms with Gasteiger partial charge in [-0.3, -0.25) is 14.5 Å². The zero-order valence-corrected chi connectivity index (χ0v) is 13.2. The Morgan fingerprint density at radius 2 is 1.74 bits per heavy atom. The van der Waals surface area contributed by atoms with Crippen molar-refractivity contribution in [3.05, 3.63) is 60.2 Å². The molecule has 0 spiro atoms. The summed E-state index contributed by atoms with van der Waals surface area (Å²) in [5.74, 6) is -0.122. The number of nitrogens with zero attached hydrogens (tertiary/aromatic N) is 1. The van der Waals surface area contributed by atoms with Crippen LogP contribution in [0.15, 0.2) is 64.5 Å². The van der Waals surface area contributed by atoms with Crippen molar-refractivity contribution >= 4 is 27.5 Å². The SMILES string of the molecule is C[C@H](N=C1NS(=O)(=O)c2ccccc21)C(=O)Nc1ccccc1. The van der Waals surface area contributed by atoms with Gasteiger partial charge in [0.1, 0.15) is 11.9 Å². The minimum atomic E-state index is -3.60. The van der Waals surface area contributed by atoms with Crippen LogP contribution in [0.2, 0.25) is 0 Å². The fourth-order valence-corrected chi connectivity index (χ4v) is 3.49. The van der Waals surface area contributed by atoms with E-state index in [0.717, 1.165) is 0 Å². The largest absolute Gasteiger partial charge is 0.324 e. The van der Waals surface area contributed by atoms with Gasteiger partial charge in [0.15, 0.2) is 0 Å². The van der Waals surface area contributed by atoms with Crippen molar-refractivity contribution in [1.29, 1.82) is 0 Å². The van der Waals surface area contributed by atoms with Gasteiger partial charge in [-0.2, -0.15) is 0 Å². The van der Waals surface area contributed by atoms with Crippen LogP contribution in [0.3, 0.4) is 0 Å². The molecule has 0 radical (unpaired) electrons. The van der Waals surface area contributed by atoms with E-state index in [1.807, 2.05) is 18.2 Å². The van der Waals surface area contributed by atoms with Crippen molar-refractivity contribution in [2.75, 3.05) is 5.32 Å². The highest BCUT2D eigenvalue weighted by Crippen LogP contribution is 2.22. The van der Waals surface area contributed by atoms with E-state index in [9.17, 15) is 13.2 Å². The Morgan fingerprint density at radius 1 is 1.09 bits per heavy atom. The standard InChI is InChI=1S/C16H15N3O3S/c1-11(16(20)18-12-7-3-2-4-8-12)17-15-13-9-5-6-10-14(13)23(21,22)19-15/h2-11H,1H3,(H,17,19)(H,18,20)/t11-/m0/s1. The summed E-state index contributed by atoms with van der Waals surface area (Å²) in [4.78, 5) is 16.6. The Morgan fingerprint density at radius 3 is 2.48 bits per heavy atom. The molecule has 118 valence electrons. The number of amidine groups is 1. The maximum Gasteiger partial charge on any atom is 0.263 e. The summed E-state index contributed by atoms with van der Waals surface area (Å²) in [6, 6.07) is 14.8. The molecule has 1 amide bonds. The lowest BCUT2D eigenvalue weighted by Crippen LogP contribution is -2.28. The van der Waals surface area contributed by atoms with Crippen LogP contribution in [0.4, 0.5) is 5.69 Å². The van der Waals surface area contributed by atoms with Crippen molar-refractivity contribution in [3.63, 3.8) is 0 Å². The van der Waals surface area contributed by atoms with Crippen LogP contribution in [0, 0.1) is 0 Å². The zero-order valence-electron chi connectivity index (χ0n) is 12.4. The van der Waals surface area contributed by atoms with E-state index in [1.165, 1.54) is 6.07 Å². The number of aliphatic imine (C=N–C) groups is 1. The van der Waals surface area contributed by atoms with Gasteiger partial charge in [-0.1, -0.05) is 30.3 Å². The predicted molar refractivity (Wildman–Crippen MR) is 87.8 cm³/mol. The fourth-order valence-electron chi connectivity index (χ4n) is 2.25. The van der Waals surface area contributed by atoms with E-state index in [0.29, 0.717) is 11.3 Å². The van der Waals surface area contributed by atoms with E-state index in [1.54, 1.807) is 37.3 Å². The molecule has 1 heterocycles. The molecule has 7 heteroatoms. The average molecular weight is 329 g/mol. The Hall–Kier alpha value is -2.67. The van der Waals surface area contributed by atoms with Gasteiger partial charge < -0.3 is 5.32 Å². The number of para-hydroxylation sites is 1. The van der Waals surface area contributed by atoms with Gasteiger partial charge in [0, 0.05) is 11.3 Å². The lowest BCUT2D eigenvalue weighted by molar-refractivity contribution is -0.117. The Bertz CT molecular complexity index is 876. The summed E-state index contributed by atoms with van der Waals surface area (Å²) in [6.45, 7) is 1.61. The van der Waals surface area contributed by atoms with Crippen molar-refractivity contribution < 1.29 is 13.2 Å². The highest BCUT2D eigenvalue weighted by Gasteiger charge is 2.31. The average Bonchev–Trinajstić information content (AvgIpc) is 2.79. The number of anilines is 1. The number of nitrogens with one attached hydrogen (secondary N) is 2. The lowest BCUT2D eigenvalue weighted by atomic mass is 10.2. The number of hydrogen-bond acceptors (Lipinski definition) is 4. The molecule has 0 aliphatic carbocycles. The van der Waals surface area contributed by atoms with Crippen LogP contribution in [0.5, 0.6) is 0 Å². The van der Waals surface area contributed by atoms with Gasteiger partial charge in [-0.05, 0) is 31.2 Å². The van der Waals surface area contributed by atoms with Crippen molar-refractivity contribution in [2.24, 2.45) is 4.99 Å². The van der Waals surface area contributed by atoms with Gasteiger partial charge in [-0.15, -0.1) is 0 Å². The van der Waals surface area contributed by atoms with Crippen molar-refractivity contribution in [3.8, 4) is 0 Å². The molecule has 0 aromatic heterocycles. The number of amides is 1. The first kappa shape index (κ1) is 15.2. The first-order valence-corrected chi connectivity index (χ1v) is 8.51. The topological polar surface area (TPSA) is 87.6 Å². The van der Waals surface area contributed by atoms with Gasteiger partial charge in [0.2, 0.25) is 5.91 Å². The summed E-state index contributed by atoms with van der Waals surface area (Å²) >= 11 is 0. The molecule has 1 atom stereocenters. The molecule has 2 N–H and O–H groups in total.